The van der Waals surface area contributed by atoms with Gasteiger partial charge in [0.1, 0.15) is 5.75 Å². The van der Waals surface area contributed by atoms with Gasteiger partial charge in [0, 0.05) is 5.69 Å². The van der Waals surface area contributed by atoms with Gasteiger partial charge in [0.15, 0.2) is 0 Å². The minimum Gasteiger partial charge on any atom is -0.496 e. The van der Waals surface area contributed by atoms with E-state index in [2.05, 4.69) is 4.72 Å². The summed E-state index contributed by atoms with van der Waals surface area (Å²) in [5.74, 6) is 0.678. The molecule has 0 aliphatic carbocycles. The van der Waals surface area contributed by atoms with Crippen LogP contribution in [0.15, 0.2) is 59.5 Å². The van der Waals surface area contributed by atoms with Crippen LogP contribution in [-0.2, 0) is 10.0 Å². The monoisotopic (exact) mass is 341 g/mol. The zero-order valence-electron chi connectivity index (χ0n) is 13.8. The molecule has 0 aliphatic heterocycles. The molecule has 5 heteroatoms. The molecule has 4 nitrogen and oxygen atoms in total. The third-order valence-electron chi connectivity index (χ3n) is 4.20. The van der Waals surface area contributed by atoms with Crippen molar-refractivity contribution >= 4 is 26.5 Å². The molecular weight excluding hydrogens is 322 g/mol. The molecule has 0 amide bonds. The van der Waals surface area contributed by atoms with E-state index in [1.165, 1.54) is 0 Å². The maximum atomic E-state index is 12.8. The lowest BCUT2D eigenvalue weighted by molar-refractivity contribution is 0.411. The van der Waals surface area contributed by atoms with Crippen LogP contribution in [0.5, 0.6) is 5.75 Å². The first-order valence-electron chi connectivity index (χ1n) is 7.58. The summed E-state index contributed by atoms with van der Waals surface area (Å²) in [4.78, 5) is 0.258. The van der Waals surface area contributed by atoms with Gasteiger partial charge < -0.3 is 4.74 Å². The molecule has 0 heterocycles. The molecule has 3 aromatic carbocycles. The highest BCUT2D eigenvalue weighted by Gasteiger charge is 2.19. The average Bonchev–Trinajstić information content (AvgIpc) is 2.56. The molecule has 24 heavy (non-hydrogen) atoms. The predicted molar refractivity (Wildman–Crippen MR) is 97.2 cm³/mol. The molecule has 0 aromatic heterocycles. The lowest BCUT2D eigenvalue weighted by Crippen LogP contribution is -2.15. The Kier molecular flexibility index (Phi) is 4.20. The number of methoxy groups -OCH3 is 1. The second-order valence-corrected chi connectivity index (χ2v) is 7.33. The maximum Gasteiger partial charge on any atom is 0.262 e. The van der Waals surface area contributed by atoms with E-state index in [0.717, 1.165) is 16.3 Å². The molecule has 0 saturated carbocycles. The topological polar surface area (TPSA) is 55.4 Å². The number of hydrogen-bond donors (Lipinski definition) is 1. The van der Waals surface area contributed by atoms with Crippen LogP contribution in [0.3, 0.4) is 0 Å². The maximum absolute atomic E-state index is 12.8. The fraction of sp³-hybridized carbons (Fsp3) is 0.158. The summed E-state index contributed by atoms with van der Waals surface area (Å²) in [7, 11) is -2.09. The van der Waals surface area contributed by atoms with E-state index in [9.17, 15) is 8.42 Å². The first-order valence-corrected chi connectivity index (χ1v) is 9.06. The molecule has 0 atom stereocenters. The van der Waals surface area contributed by atoms with Crippen LogP contribution in [0.2, 0.25) is 0 Å². The number of benzene rings is 3. The smallest absolute Gasteiger partial charge is 0.262 e. The van der Waals surface area contributed by atoms with Gasteiger partial charge in [-0.05, 0) is 60.0 Å². The van der Waals surface area contributed by atoms with E-state index in [4.69, 9.17) is 4.74 Å². The lowest BCUT2D eigenvalue weighted by atomic mass is 10.1. The normalized spacial score (nSPS) is 11.5. The van der Waals surface area contributed by atoms with Crippen LogP contribution in [0.25, 0.3) is 10.8 Å². The van der Waals surface area contributed by atoms with Crippen molar-refractivity contribution in [3.05, 3.63) is 65.7 Å². The van der Waals surface area contributed by atoms with Gasteiger partial charge in [0.25, 0.3) is 10.0 Å². The standard InChI is InChI=1S/C19H19NO3S/c1-13-14(2)19(11-10-18(13)23-3)24(21,22)20-17-9-8-15-6-4-5-7-16(15)12-17/h4-12,20H,1-3H3. The summed E-state index contributed by atoms with van der Waals surface area (Å²) in [6, 6.07) is 16.6. The third-order valence-corrected chi connectivity index (χ3v) is 5.72. The fourth-order valence-electron chi connectivity index (χ4n) is 2.75. The van der Waals surface area contributed by atoms with Crippen LogP contribution in [-0.4, -0.2) is 15.5 Å². The molecule has 0 spiro atoms. The Morgan fingerprint density at radius 2 is 1.58 bits per heavy atom. The Morgan fingerprint density at radius 3 is 2.29 bits per heavy atom. The van der Waals surface area contributed by atoms with Gasteiger partial charge in [-0.25, -0.2) is 8.42 Å². The number of nitrogens with one attached hydrogen (secondary N) is 1. The zero-order valence-corrected chi connectivity index (χ0v) is 14.6. The van der Waals surface area contributed by atoms with Crippen molar-refractivity contribution in [2.45, 2.75) is 18.7 Å². The van der Waals surface area contributed by atoms with E-state index in [1.54, 1.807) is 32.2 Å². The third kappa shape index (κ3) is 2.95. The predicted octanol–water partition coefficient (Wildman–Crippen LogP) is 4.27. The number of sulfonamides is 1. The summed E-state index contributed by atoms with van der Waals surface area (Å²) in [6.45, 7) is 3.63. The van der Waals surface area contributed by atoms with Crippen molar-refractivity contribution in [2.75, 3.05) is 11.8 Å². The number of anilines is 1. The van der Waals surface area contributed by atoms with Crippen LogP contribution in [0.1, 0.15) is 11.1 Å². The van der Waals surface area contributed by atoms with Gasteiger partial charge in [-0.2, -0.15) is 0 Å². The van der Waals surface area contributed by atoms with Gasteiger partial charge in [-0.1, -0.05) is 30.3 Å². The molecule has 124 valence electrons. The Bertz CT molecular complexity index is 1010. The molecule has 0 saturated heterocycles. The van der Waals surface area contributed by atoms with Crippen LogP contribution in [0.4, 0.5) is 5.69 Å². The molecule has 0 aliphatic rings. The van der Waals surface area contributed by atoms with Crippen molar-refractivity contribution in [1.29, 1.82) is 0 Å². The van der Waals surface area contributed by atoms with Crippen molar-refractivity contribution in [1.82, 2.24) is 0 Å². The van der Waals surface area contributed by atoms with Gasteiger partial charge >= 0.3 is 0 Å². The second kappa shape index (κ2) is 6.17. The summed E-state index contributed by atoms with van der Waals surface area (Å²) >= 11 is 0. The van der Waals surface area contributed by atoms with E-state index in [0.29, 0.717) is 17.0 Å². The molecule has 0 unspecified atom stereocenters. The quantitative estimate of drug-likeness (QED) is 0.771. The molecule has 0 radical (unpaired) electrons. The van der Waals surface area contributed by atoms with Crippen molar-refractivity contribution in [2.24, 2.45) is 0 Å². The van der Waals surface area contributed by atoms with Gasteiger partial charge in [-0.15, -0.1) is 0 Å². The summed E-state index contributed by atoms with van der Waals surface area (Å²) in [5, 5.41) is 2.05. The first-order chi connectivity index (χ1) is 11.4. The minimum atomic E-state index is -3.67. The largest absolute Gasteiger partial charge is 0.496 e. The molecule has 3 rings (SSSR count). The number of ether oxygens (including phenoxy) is 1. The summed E-state index contributed by atoms with van der Waals surface area (Å²) in [5.41, 5.74) is 2.04. The molecule has 1 N–H and O–H groups in total. The minimum absolute atomic E-state index is 0.258. The van der Waals surface area contributed by atoms with E-state index in [-0.39, 0.29) is 4.90 Å². The van der Waals surface area contributed by atoms with E-state index >= 15 is 0 Å². The van der Waals surface area contributed by atoms with Crippen LogP contribution >= 0.6 is 0 Å². The van der Waals surface area contributed by atoms with E-state index in [1.807, 2.05) is 43.3 Å². The van der Waals surface area contributed by atoms with Crippen molar-refractivity contribution in [3.63, 3.8) is 0 Å². The molecular formula is C19H19NO3S. The average molecular weight is 341 g/mol. The molecule has 3 aromatic rings. The van der Waals surface area contributed by atoms with Gasteiger partial charge in [0.2, 0.25) is 0 Å². The van der Waals surface area contributed by atoms with Crippen LogP contribution in [0, 0.1) is 13.8 Å². The highest BCUT2D eigenvalue weighted by atomic mass is 32.2. The van der Waals surface area contributed by atoms with Gasteiger partial charge in [0.05, 0.1) is 12.0 Å². The SMILES string of the molecule is COc1ccc(S(=O)(=O)Nc2ccc3ccccc3c2)c(C)c1C. The van der Waals surface area contributed by atoms with Crippen molar-refractivity contribution < 1.29 is 13.2 Å². The summed E-state index contributed by atoms with van der Waals surface area (Å²) in [6.07, 6.45) is 0. The van der Waals surface area contributed by atoms with Crippen LogP contribution < -0.4 is 9.46 Å². The van der Waals surface area contributed by atoms with Crippen molar-refractivity contribution in [3.8, 4) is 5.75 Å². The zero-order chi connectivity index (χ0) is 17.3. The fourth-order valence-corrected chi connectivity index (χ4v) is 4.10. The number of hydrogen-bond acceptors (Lipinski definition) is 3. The Morgan fingerprint density at radius 1 is 0.875 bits per heavy atom. The summed E-state index contributed by atoms with van der Waals surface area (Å²) < 4.78 is 33.4. The van der Waals surface area contributed by atoms with E-state index < -0.39 is 10.0 Å². The van der Waals surface area contributed by atoms with Gasteiger partial charge in [-0.3, -0.25) is 4.72 Å². The first kappa shape index (κ1) is 16.3. The Hall–Kier alpha value is -2.53. The highest BCUT2D eigenvalue weighted by molar-refractivity contribution is 7.92. The highest BCUT2D eigenvalue weighted by Crippen LogP contribution is 2.28. The Balaban J connectivity index is 2.00. The lowest BCUT2D eigenvalue weighted by Gasteiger charge is -2.14. The number of rotatable bonds is 4. The Labute approximate surface area is 142 Å². The second-order valence-electron chi connectivity index (χ2n) is 5.68. The number of fused-ring (bicyclic) bond motifs is 1. The molecule has 0 fully saturated rings. The molecule has 0 bridgehead atoms.